The van der Waals surface area contributed by atoms with E-state index in [9.17, 15) is 0 Å². The minimum atomic E-state index is 0.734. The molecule has 0 spiro atoms. The lowest BCUT2D eigenvalue weighted by Gasteiger charge is -2.17. The number of thiophene rings is 4. The van der Waals surface area contributed by atoms with Crippen molar-refractivity contribution in [2.45, 2.75) is 65.2 Å². The SMILES string of the molecule is CCCCCCOc1cc(-c2ccc(-c3cccs3)s2)c(OCCCCCC)cc1-c1ccc(-c2cccs2)s1. The van der Waals surface area contributed by atoms with Crippen molar-refractivity contribution < 1.29 is 9.47 Å². The average molecular weight is 607 g/mol. The highest BCUT2D eigenvalue weighted by Crippen LogP contribution is 2.47. The fourth-order valence-corrected chi connectivity index (χ4v) is 8.40. The van der Waals surface area contributed by atoms with Crippen molar-refractivity contribution in [2.75, 3.05) is 13.2 Å². The summed E-state index contributed by atoms with van der Waals surface area (Å²) in [6, 6.07) is 22.1. The van der Waals surface area contributed by atoms with E-state index in [4.69, 9.17) is 9.47 Å². The van der Waals surface area contributed by atoms with Crippen LogP contribution in [-0.4, -0.2) is 13.2 Å². The summed E-state index contributed by atoms with van der Waals surface area (Å²) in [5, 5.41) is 4.29. The van der Waals surface area contributed by atoms with Crippen LogP contribution in [0.5, 0.6) is 11.5 Å². The second kappa shape index (κ2) is 15.0. The number of hydrogen-bond acceptors (Lipinski definition) is 6. The highest BCUT2D eigenvalue weighted by molar-refractivity contribution is 7.23. The Kier molecular flexibility index (Phi) is 10.9. The van der Waals surface area contributed by atoms with Crippen molar-refractivity contribution in [2.24, 2.45) is 0 Å². The molecule has 210 valence electrons. The molecule has 0 saturated heterocycles. The van der Waals surface area contributed by atoms with Gasteiger partial charge in [-0.3, -0.25) is 0 Å². The third kappa shape index (κ3) is 7.47. The molecule has 4 heterocycles. The summed E-state index contributed by atoms with van der Waals surface area (Å²) in [7, 11) is 0. The number of ether oxygens (including phenoxy) is 2. The first-order valence-electron chi connectivity index (χ1n) is 14.5. The van der Waals surface area contributed by atoms with Crippen molar-refractivity contribution >= 4 is 45.3 Å². The van der Waals surface area contributed by atoms with Gasteiger partial charge in [0.2, 0.25) is 0 Å². The van der Waals surface area contributed by atoms with Gasteiger partial charge in [0.05, 0.1) is 13.2 Å². The van der Waals surface area contributed by atoms with Crippen LogP contribution in [0.15, 0.2) is 71.4 Å². The fourth-order valence-electron chi connectivity index (χ4n) is 4.67. The Balaban J connectivity index is 1.51. The van der Waals surface area contributed by atoms with Crippen LogP contribution < -0.4 is 9.47 Å². The Hall–Kier alpha value is -2.38. The summed E-state index contributed by atoms with van der Waals surface area (Å²) in [5.74, 6) is 1.91. The molecule has 0 aliphatic carbocycles. The predicted octanol–water partition coefficient (Wildman–Crippen LogP) is 12.5. The minimum Gasteiger partial charge on any atom is -0.493 e. The molecule has 0 fully saturated rings. The van der Waals surface area contributed by atoms with E-state index < -0.39 is 0 Å². The summed E-state index contributed by atoms with van der Waals surface area (Å²) in [4.78, 5) is 7.65. The maximum atomic E-state index is 6.55. The fraction of sp³-hybridized carbons (Fsp3) is 0.353. The lowest BCUT2D eigenvalue weighted by molar-refractivity contribution is 0.299. The molecule has 4 aromatic heterocycles. The minimum absolute atomic E-state index is 0.734. The molecule has 6 heteroatoms. The maximum Gasteiger partial charge on any atom is 0.128 e. The summed E-state index contributed by atoms with van der Waals surface area (Å²) in [6.45, 7) is 5.97. The monoisotopic (exact) mass is 606 g/mol. The molecule has 0 bridgehead atoms. The molecule has 0 atom stereocenters. The van der Waals surface area contributed by atoms with Gasteiger partial charge >= 0.3 is 0 Å². The Bertz CT molecular complexity index is 1320. The standard InChI is InChI=1S/C34H38O2S4/c1-3-5-7-9-19-35-27-23-26(30-16-18-34(40-30)32-14-12-22-38-32)28(36-20-10-8-6-4-2)24-25(27)29-15-17-33(39-29)31-13-11-21-37-31/h11-18,21-24H,3-10,19-20H2,1-2H3. The summed E-state index contributed by atoms with van der Waals surface area (Å²) in [5.41, 5.74) is 2.26. The van der Waals surface area contributed by atoms with Crippen LogP contribution in [0.2, 0.25) is 0 Å². The number of rotatable bonds is 16. The van der Waals surface area contributed by atoms with Crippen molar-refractivity contribution in [3.05, 3.63) is 71.4 Å². The van der Waals surface area contributed by atoms with Crippen molar-refractivity contribution in [1.29, 1.82) is 0 Å². The van der Waals surface area contributed by atoms with Crippen LogP contribution in [0.4, 0.5) is 0 Å². The number of hydrogen-bond donors (Lipinski definition) is 0. The van der Waals surface area contributed by atoms with E-state index in [-0.39, 0.29) is 0 Å². The molecule has 0 saturated carbocycles. The molecular formula is C34H38O2S4. The van der Waals surface area contributed by atoms with Crippen LogP contribution >= 0.6 is 45.3 Å². The molecule has 0 radical (unpaired) electrons. The predicted molar refractivity (Wildman–Crippen MR) is 179 cm³/mol. The molecule has 40 heavy (non-hydrogen) atoms. The smallest absolute Gasteiger partial charge is 0.128 e. The summed E-state index contributed by atoms with van der Waals surface area (Å²) < 4.78 is 13.1. The Morgan fingerprint density at radius 2 is 0.950 bits per heavy atom. The first kappa shape index (κ1) is 29.1. The molecule has 5 rings (SSSR count). The van der Waals surface area contributed by atoms with E-state index >= 15 is 0 Å². The lowest BCUT2D eigenvalue weighted by atomic mass is 10.1. The van der Waals surface area contributed by atoms with Crippen LogP contribution in [0.1, 0.15) is 65.2 Å². The van der Waals surface area contributed by atoms with Gasteiger partial charge in [-0.2, -0.15) is 0 Å². The van der Waals surface area contributed by atoms with Gasteiger partial charge in [-0.15, -0.1) is 45.3 Å². The summed E-state index contributed by atoms with van der Waals surface area (Å²) >= 11 is 7.24. The molecule has 2 nitrogen and oxygen atoms in total. The highest BCUT2D eigenvalue weighted by Gasteiger charge is 2.19. The van der Waals surface area contributed by atoms with Gasteiger partial charge in [-0.25, -0.2) is 0 Å². The highest BCUT2D eigenvalue weighted by atomic mass is 32.1. The van der Waals surface area contributed by atoms with E-state index in [0.29, 0.717) is 0 Å². The van der Waals surface area contributed by atoms with Crippen LogP contribution in [0, 0.1) is 0 Å². The van der Waals surface area contributed by atoms with Crippen molar-refractivity contribution in [3.8, 4) is 51.9 Å². The number of unbranched alkanes of at least 4 members (excludes halogenated alkanes) is 6. The van der Waals surface area contributed by atoms with Gasteiger partial charge in [-0.1, -0.05) is 64.5 Å². The zero-order chi connectivity index (χ0) is 27.6. The molecule has 0 unspecified atom stereocenters. The van der Waals surface area contributed by atoms with Crippen LogP contribution in [-0.2, 0) is 0 Å². The van der Waals surface area contributed by atoms with Crippen LogP contribution in [0.3, 0.4) is 0 Å². The Labute approximate surface area is 255 Å². The zero-order valence-electron chi connectivity index (χ0n) is 23.4. The van der Waals surface area contributed by atoms with Gasteiger partial charge in [0.1, 0.15) is 11.5 Å². The first-order chi connectivity index (χ1) is 19.8. The molecule has 1 aromatic carbocycles. The molecule has 0 amide bonds. The molecule has 5 aromatic rings. The van der Waals surface area contributed by atoms with Gasteiger partial charge in [-0.05, 0) is 72.1 Å². The molecular weight excluding hydrogens is 569 g/mol. The average Bonchev–Trinajstić information content (AvgIpc) is 3.80. The summed E-state index contributed by atoms with van der Waals surface area (Å²) in [6.07, 6.45) is 9.51. The Morgan fingerprint density at radius 3 is 1.35 bits per heavy atom. The second-order valence-corrected chi connectivity index (χ2v) is 14.0. The normalized spacial score (nSPS) is 11.2. The maximum absolute atomic E-state index is 6.55. The third-order valence-corrected chi connectivity index (χ3v) is 11.2. The number of benzene rings is 1. The van der Waals surface area contributed by atoms with Crippen molar-refractivity contribution in [1.82, 2.24) is 0 Å². The van der Waals surface area contributed by atoms with Gasteiger partial charge in [0.15, 0.2) is 0 Å². The first-order valence-corrected chi connectivity index (χ1v) is 17.9. The zero-order valence-corrected chi connectivity index (χ0v) is 26.7. The van der Waals surface area contributed by atoms with E-state index in [1.807, 2.05) is 22.7 Å². The topological polar surface area (TPSA) is 18.5 Å². The molecule has 0 N–H and O–H groups in total. The van der Waals surface area contributed by atoms with E-state index in [0.717, 1.165) is 48.7 Å². The quantitative estimate of drug-likeness (QED) is 0.104. The van der Waals surface area contributed by atoms with Crippen molar-refractivity contribution in [3.63, 3.8) is 0 Å². The lowest BCUT2D eigenvalue weighted by Crippen LogP contribution is -2.02. The van der Waals surface area contributed by atoms with Gasteiger partial charge in [0.25, 0.3) is 0 Å². The molecule has 0 aliphatic rings. The van der Waals surface area contributed by atoms with Crippen LogP contribution in [0.25, 0.3) is 40.4 Å². The van der Waals surface area contributed by atoms with E-state index in [2.05, 4.69) is 85.3 Å². The second-order valence-electron chi connectivity index (χ2n) is 9.95. The van der Waals surface area contributed by atoms with Gasteiger partial charge in [0, 0.05) is 40.4 Å². The van der Waals surface area contributed by atoms with Gasteiger partial charge < -0.3 is 9.47 Å². The van der Waals surface area contributed by atoms with E-state index in [1.54, 1.807) is 22.7 Å². The molecule has 0 aliphatic heterocycles. The van der Waals surface area contributed by atoms with E-state index in [1.165, 1.54) is 67.8 Å². The Morgan fingerprint density at radius 1 is 0.500 bits per heavy atom. The third-order valence-electron chi connectivity index (χ3n) is 6.86. The largest absolute Gasteiger partial charge is 0.493 e.